The lowest BCUT2D eigenvalue weighted by Crippen LogP contribution is -1.93. The van der Waals surface area contributed by atoms with Crippen molar-refractivity contribution >= 4 is 54.3 Å². The summed E-state index contributed by atoms with van der Waals surface area (Å²) < 4.78 is 268. The zero-order valence-corrected chi connectivity index (χ0v) is 25.4. The molecular formula is C49H32O. The minimum Gasteiger partial charge on any atom is -0.456 e. The van der Waals surface area contributed by atoms with E-state index in [1.54, 1.807) is 0 Å². The van der Waals surface area contributed by atoms with Gasteiger partial charge in [0, 0.05) is 10.8 Å². The Hall–Kier alpha value is -6.44. The molecule has 0 aliphatic rings. The molecule has 0 spiro atoms. The summed E-state index contributed by atoms with van der Waals surface area (Å²) in [4.78, 5) is 0. The summed E-state index contributed by atoms with van der Waals surface area (Å²) in [6.07, 6.45) is 0. The first-order valence-electron chi connectivity index (χ1n) is 29.4. The van der Waals surface area contributed by atoms with Crippen LogP contribution < -0.4 is 0 Å². The van der Waals surface area contributed by atoms with Crippen molar-refractivity contribution in [3.05, 3.63) is 181 Å². The summed E-state index contributed by atoms with van der Waals surface area (Å²) in [6.45, 7) is 1.24. The molecule has 1 nitrogen and oxygen atoms in total. The van der Waals surface area contributed by atoms with Gasteiger partial charge in [0.15, 0.2) is 0 Å². The molecule has 0 atom stereocenters. The first-order valence-corrected chi connectivity index (χ1v) is 14.9. The maximum atomic E-state index is 9.63. The first-order chi connectivity index (χ1) is 36.8. The van der Waals surface area contributed by atoms with Crippen LogP contribution in [0.1, 0.15) is 45.3 Å². The Morgan fingerprint density at radius 1 is 0.380 bits per heavy atom. The number of benzene rings is 9. The molecule has 0 N–H and O–H groups in total. The van der Waals surface area contributed by atoms with Crippen LogP contribution in [-0.4, -0.2) is 0 Å². The van der Waals surface area contributed by atoms with Crippen molar-refractivity contribution in [3.63, 3.8) is 0 Å². The Kier molecular flexibility index (Phi) is 2.69. The van der Waals surface area contributed by atoms with Gasteiger partial charge in [0.2, 0.25) is 0 Å². The minimum atomic E-state index is -1.10. The molecule has 10 aromatic rings. The zero-order chi connectivity index (χ0) is 58.4. The van der Waals surface area contributed by atoms with Gasteiger partial charge in [0.25, 0.3) is 0 Å². The second-order valence-corrected chi connectivity index (χ2v) is 11.0. The molecule has 0 amide bonds. The molecule has 50 heavy (non-hydrogen) atoms. The van der Waals surface area contributed by atoms with Crippen LogP contribution in [0.4, 0.5) is 0 Å². The summed E-state index contributed by atoms with van der Waals surface area (Å²) in [5.74, 6) is 0. The van der Waals surface area contributed by atoms with E-state index in [1.165, 1.54) is 6.92 Å². The fourth-order valence-corrected chi connectivity index (χ4v) is 6.17. The average Bonchev–Trinajstić information content (AvgIpc) is 4.07. The maximum Gasteiger partial charge on any atom is 0.136 e. The van der Waals surface area contributed by atoms with Crippen molar-refractivity contribution in [2.75, 3.05) is 0 Å². The van der Waals surface area contributed by atoms with E-state index < -0.39 is 274 Å². The standard InChI is InChI=1S/C49H32O/c1-31-22-29-44-49(48-38(20-11-21-43(48)50-44)34-13-3-2-4-14-34)45(31)47-41-18-9-7-16-39(41)46(40-17-8-10-19-42(40)47)35-26-23-33(24-27-35)37-28-25-32-12-5-6-15-36(32)30-37/h2-30H,1H3/i2D,3D,4D,5D,6D,7D,8D,9D,10D,11D,12D,13D,14D,15D,16D,17D,18D,19D,20D,21D,22D,23D,24D,25D,26D,27D,28D,29D,30D. The third kappa shape index (κ3) is 4.41. The van der Waals surface area contributed by atoms with Gasteiger partial charge in [-0.1, -0.05) is 157 Å². The molecule has 0 unspecified atom stereocenters. The third-order valence-electron chi connectivity index (χ3n) is 8.26. The highest BCUT2D eigenvalue weighted by molar-refractivity contribution is 6.27. The Morgan fingerprint density at radius 3 is 1.68 bits per heavy atom. The fourth-order valence-electron chi connectivity index (χ4n) is 6.17. The molecule has 1 aromatic heterocycles. The van der Waals surface area contributed by atoms with Crippen LogP contribution in [0.5, 0.6) is 0 Å². The fraction of sp³-hybridized carbons (Fsp3) is 0.0204. The number of fused-ring (bicyclic) bond motifs is 6. The highest BCUT2D eigenvalue weighted by atomic mass is 16.3. The highest BCUT2D eigenvalue weighted by Gasteiger charge is 2.23. The van der Waals surface area contributed by atoms with Crippen LogP contribution in [0.15, 0.2) is 180 Å². The Balaban J connectivity index is 1.49. The summed E-state index contributed by atoms with van der Waals surface area (Å²) in [7, 11) is 0. The number of hydrogen-bond acceptors (Lipinski definition) is 1. The van der Waals surface area contributed by atoms with Crippen molar-refractivity contribution in [2.24, 2.45) is 0 Å². The Bertz CT molecular complexity index is 4460. The second-order valence-electron chi connectivity index (χ2n) is 11.0. The van der Waals surface area contributed by atoms with E-state index in [2.05, 4.69) is 0 Å². The first kappa shape index (κ1) is 11.9. The van der Waals surface area contributed by atoms with Crippen LogP contribution in [-0.2, 0) is 0 Å². The normalized spacial score (nSPS) is 19.8. The molecule has 0 radical (unpaired) electrons. The molecule has 0 bridgehead atoms. The summed E-state index contributed by atoms with van der Waals surface area (Å²) in [5.41, 5.74) is -7.13. The van der Waals surface area contributed by atoms with Crippen molar-refractivity contribution in [1.82, 2.24) is 0 Å². The van der Waals surface area contributed by atoms with Gasteiger partial charge < -0.3 is 4.42 Å². The predicted octanol–water partition coefficient (Wildman–Crippen LogP) is 14.0. The monoisotopic (exact) mass is 665 g/mol. The topological polar surface area (TPSA) is 13.1 Å². The number of hydrogen-bond donors (Lipinski definition) is 0. The van der Waals surface area contributed by atoms with Crippen LogP contribution in [0.25, 0.3) is 98.8 Å². The zero-order valence-electron chi connectivity index (χ0n) is 54.4. The van der Waals surface area contributed by atoms with Gasteiger partial charge in [-0.05, 0) is 107 Å². The molecule has 0 saturated heterocycles. The molecule has 1 heterocycles. The van der Waals surface area contributed by atoms with E-state index in [-0.39, 0.29) is 5.56 Å². The molecule has 1 heteroatoms. The van der Waals surface area contributed by atoms with Crippen molar-refractivity contribution in [3.8, 4) is 44.5 Å². The Labute approximate surface area is 331 Å². The summed E-state index contributed by atoms with van der Waals surface area (Å²) in [6, 6.07) is -26.6. The van der Waals surface area contributed by atoms with E-state index in [0.29, 0.717) is 0 Å². The molecule has 0 aliphatic heterocycles. The molecule has 234 valence electrons. The SMILES string of the molecule is [2H]c1c([2H])c([2H])c(-c2c([2H])c([2H])c([2H])c3oc4c([2H])c([2H])c(C)c(-c5c6c([2H])c([2H])c([2H])c([2H])c6c(-c6c([2H])c([2H])c(-c7c([2H])c([2H])c8c([2H])c([2H])c([2H])c([2H])c8c7[2H])c([2H])c6[2H])c6c([2H])c([2H])c([2H])c([2H])c56)c4c23)c([2H])c1[2H]. The molecule has 0 saturated carbocycles. The third-order valence-corrected chi connectivity index (χ3v) is 8.26. The van der Waals surface area contributed by atoms with Gasteiger partial charge in [-0.3, -0.25) is 0 Å². The molecular weight excluding hydrogens is 605 g/mol. The summed E-state index contributed by atoms with van der Waals surface area (Å²) in [5, 5.41) is -4.90. The van der Waals surface area contributed by atoms with Crippen molar-refractivity contribution in [1.29, 1.82) is 0 Å². The van der Waals surface area contributed by atoms with Crippen LogP contribution in [0, 0.1) is 6.92 Å². The molecule has 0 aliphatic carbocycles. The van der Waals surface area contributed by atoms with Gasteiger partial charge in [-0.25, -0.2) is 0 Å². The molecule has 0 fully saturated rings. The van der Waals surface area contributed by atoms with E-state index in [1.807, 2.05) is 0 Å². The lowest BCUT2D eigenvalue weighted by atomic mass is 9.83. The quantitative estimate of drug-likeness (QED) is 0.171. The van der Waals surface area contributed by atoms with Gasteiger partial charge >= 0.3 is 0 Å². The number of furan rings is 1. The average molecular weight is 666 g/mol. The van der Waals surface area contributed by atoms with Gasteiger partial charge in [-0.2, -0.15) is 0 Å². The van der Waals surface area contributed by atoms with Gasteiger partial charge in [0.1, 0.15) is 11.2 Å². The molecule has 9 aromatic carbocycles. The lowest BCUT2D eigenvalue weighted by molar-refractivity contribution is 0.669. The van der Waals surface area contributed by atoms with Crippen LogP contribution in [0.3, 0.4) is 0 Å². The van der Waals surface area contributed by atoms with Crippen molar-refractivity contribution < 1.29 is 44.2 Å². The van der Waals surface area contributed by atoms with Crippen molar-refractivity contribution in [2.45, 2.75) is 6.92 Å². The molecule has 10 rings (SSSR count). The van der Waals surface area contributed by atoms with Crippen LogP contribution >= 0.6 is 0 Å². The summed E-state index contributed by atoms with van der Waals surface area (Å²) >= 11 is 0. The predicted molar refractivity (Wildman–Crippen MR) is 213 cm³/mol. The minimum absolute atomic E-state index is 0.296. The van der Waals surface area contributed by atoms with Crippen LogP contribution in [0.2, 0.25) is 0 Å². The van der Waals surface area contributed by atoms with E-state index in [9.17, 15) is 15.1 Å². The van der Waals surface area contributed by atoms with Gasteiger partial charge in [0.05, 0.1) is 39.8 Å². The smallest absolute Gasteiger partial charge is 0.136 e. The van der Waals surface area contributed by atoms with E-state index in [4.69, 9.17) is 29.1 Å². The largest absolute Gasteiger partial charge is 0.456 e. The van der Waals surface area contributed by atoms with E-state index >= 15 is 0 Å². The maximum absolute atomic E-state index is 9.63. The van der Waals surface area contributed by atoms with E-state index in [0.717, 1.165) is 0 Å². The number of rotatable bonds is 4. The van der Waals surface area contributed by atoms with Gasteiger partial charge in [-0.15, -0.1) is 0 Å². The second kappa shape index (κ2) is 11.3. The Morgan fingerprint density at radius 2 is 0.960 bits per heavy atom. The lowest BCUT2D eigenvalue weighted by Gasteiger charge is -2.20. The highest BCUT2D eigenvalue weighted by Crippen LogP contribution is 2.49.